The van der Waals surface area contributed by atoms with Gasteiger partial charge in [-0.2, -0.15) is 0 Å². The number of benzene rings is 1. The molecule has 2 N–H and O–H groups in total. The second-order valence-corrected chi connectivity index (χ2v) is 3.75. The van der Waals surface area contributed by atoms with Crippen LogP contribution < -0.4 is 5.32 Å². The predicted molar refractivity (Wildman–Crippen MR) is 61.1 cm³/mol. The van der Waals surface area contributed by atoms with E-state index in [1.165, 1.54) is 0 Å². The first kappa shape index (κ1) is 11.6. The van der Waals surface area contributed by atoms with Crippen LogP contribution in [0.2, 0.25) is 0 Å². The van der Waals surface area contributed by atoms with E-state index in [0.29, 0.717) is 6.42 Å². The van der Waals surface area contributed by atoms with Crippen molar-refractivity contribution >= 4 is 11.6 Å². The molecule has 15 heavy (non-hydrogen) atoms. The topological polar surface area (TPSA) is 49.3 Å². The highest BCUT2D eigenvalue weighted by Gasteiger charge is 2.06. The van der Waals surface area contributed by atoms with Crippen LogP contribution >= 0.6 is 0 Å². The molecule has 0 aromatic heterocycles. The summed E-state index contributed by atoms with van der Waals surface area (Å²) in [6.45, 7) is 5.64. The third-order valence-corrected chi connectivity index (χ3v) is 2.29. The van der Waals surface area contributed by atoms with Gasteiger partial charge in [0.1, 0.15) is 5.75 Å². The molecule has 3 heteroatoms. The Kier molecular flexibility index (Phi) is 3.72. The minimum Gasteiger partial charge on any atom is -0.508 e. The molecule has 0 atom stereocenters. The number of phenols is 1. The lowest BCUT2D eigenvalue weighted by atomic mass is 10.1. The molecule has 3 nitrogen and oxygen atoms in total. The molecular weight excluding hydrogens is 190 g/mol. The number of aromatic hydroxyl groups is 1. The fraction of sp³-hybridized carbons (Fsp3) is 0.417. The largest absolute Gasteiger partial charge is 0.508 e. The van der Waals surface area contributed by atoms with E-state index < -0.39 is 0 Å². The molecule has 0 spiro atoms. The highest BCUT2D eigenvalue weighted by Crippen LogP contribution is 2.24. The number of amides is 1. The number of rotatable bonds is 3. The Morgan fingerprint density at radius 2 is 2.00 bits per heavy atom. The van der Waals surface area contributed by atoms with Crippen molar-refractivity contribution in [2.45, 2.75) is 33.6 Å². The van der Waals surface area contributed by atoms with Gasteiger partial charge in [0.25, 0.3) is 0 Å². The summed E-state index contributed by atoms with van der Waals surface area (Å²) in [5.74, 6) is 0.284. The lowest BCUT2D eigenvalue weighted by molar-refractivity contribution is -0.116. The van der Waals surface area contributed by atoms with Crippen LogP contribution in [0.25, 0.3) is 0 Å². The molecule has 0 aliphatic rings. The van der Waals surface area contributed by atoms with Crippen molar-refractivity contribution in [3.05, 3.63) is 23.3 Å². The molecule has 1 amide bonds. The first-order valence-electron chi connectivity index (χ1n) is 5.14. The number of carbonyl (C=O) groups excluding carboxylic acids is 1. The molecule has 0 aliphatic carbocycles. The summed E-state index contributed by atoms with van der Waals surface area (Å²) >= 11 is 0. The number of hydrogen-bond donors (Lipinski definition) is 2. The van der Waals surface area contributed by atoms with Gasteiger partial charge in [0.15, 0.2) is 0 Å². The standard InChI is InChI=1S/C12H17NO2/c1-4-5-12(15)13-10-6-9(3)11(14)7-8(10)2/h6-7,14H,4-5H2,1-3H3,(H,13,15). The summed E-state index contributed by atoms with van der Waals surface area (Å²) < 4.78 is 0. The van der Waals surface area contributed by atoms with Crippen molar-refractivity contribution in [2.75, 3.05) is 5.32 Å². The molecule has 0 heterocycles. The molecule has 1 aromatic carbocycles. The van der Waals surface area contributed by atoms with Gasteiger partial charge < -0.3 is 10.4 Å². The molecule has 0 saturated heterocycles. The molecule has 82 valence electrons. The number of nitrogens with one attached hydrogen (secondary N) is 1. The van der Waals surface area contributed by atoms with Crippen molar-refractivity contribution in [3.63, 3.8) is 0 Å². The predicted octanol–water partition coefficient (Wildman–Crippen LogP) is 2.75. The smallest absolute Gasteiger partial charge is 0.224 e. The molecule has 0 fully saturated rings. The molecule has 0 aliphatic heterocycles. The van der Waals surface area contributed by atoms with Gasteiger partial charge in [-0.3, -0.25) is 4.79 Å². The van der Waals surface area contributed by atoms with Crippen molar-refractivity contribution < 1.29 is 9.90 Å². The van der Waals surface area contributed by atoms with Crippen LogP contribution in [0, 0.1) is 13.8 Å². The van der Waals surface area contributed by atoms with Gasteiger partial charge in [0.05, 0.1) is 0 Å². The Morgan fingerprint density at radius 3 is 2.60 bits per heavy atom. The van der Waals surface area contributed by atoms with Crippen LogP contribution in [-0.4, -0.2) is 11.0 Å². The summed E-state index contributed by atoms with van der Waals surface area (Å²) in [5.41, 5.74) is 2.43. The van der Waals surface area contributed by atoms with Crippen LogP contribution in [0.3, 0.4) is 0 Å². The summed E-state index contributed by atoms with van der Waals surface area (Å²) in [5, 5.41) is 12.3. The quantitative estimate of drug-likeness (QED) is 0.749. The maximum atomic E-state index is 11.4. The van der Waals surface area contributed by atoms with Gasteiger partial charge in [-0.25, -0.2) is 0 Å². The maximum absolute atomic E-state index is 11.4. The Balaban J connectivity index is 2.86. The van der Waals surface area contributed by atoms with Crippen molar-refractivity contribution in [3.8, 4) is 5.75 Å². The van der Waals surface area contributed by atoms with E-state index in [0.717, 1.165) is 23.2 Å². The van der Waals surface area contributed by atoms with E-state index >= 15 is 0 Å². The van der Waals surface area contributed by atoms with E-state index in [4.69, 9.17) is 0 Å². The highest BCUT2D eigenvalue weighted by atomic mass is 16.3. The van der Waals surface area contributed by atoms with Gasteiger partial charge in [-0.15, -0.1) is 0 Å². The number of aryl methyl sites for hydroxylation is 2. The van der Waals surface area contributed by atoms with Gasteiger partial charge in [0.2, 0.25) is 5.91 Å². The lowest BCUT2D eigenvalue weighted by Crippen LogP contribution is -2.11. The third kappa shape index (κ3) is 2.98. The molecule has 1 aromatic rings. The lowest BCUT2D eigenvalue weighted by Gasteiger charge is -2.10. The average Bonchev–Trinajstić information content (AvgIpc) is 2.14. The molecule has 0 saturated carbocycles. The molecular formula is C12H17NO2. The summed E-state index contributed by atoms with van der Waals surface area (Å²) in [7, 11) is 0. The SMILES string of the molecule is CCCC(=O)Nc1cc(C)c(O)cc1C. The fourth-order valence-electron chi connectivity index (χ4n) is 1.38. The number of phenolic OH excluding ortho intramolecular Hbond substituents is 1. The minimum absolute atomic E-state index is 0.0192. The normalized spacial score (nSPS) is 10.1. The summed E-state index contributed by atoms with van der Waals surface area (Å²) in [6, 6.07) is 3.45. The monoisotopic (exact) mass is 207 g/mol. The van der Waals surface area contributed by atoms with E-state index in [1.54, 1.807) is 12.1 Å². The number of carbonyl (C=O) groups is 1. The van der Waals surface area contributed by atoms with Gasteiger partial charge in [0, 0.05) is 12.1 Å². The van der Waals surface area contributed by atoms with Crippen LogP contribution in [0.5, 0.6) is 5.75 Å². The zero-order valence-corrected chi connectivity index (χ0v) is 9.42. The summed E-state index contributed by atoms with van der Waals surface area (Å²) in [6.07, 6.45) is 1.36. The van der Waals surface area contributed by atoms with Crippen LogP contribution in [0.4, 0.5) is 5.69 Å². The van der Waals surface area contributed by atoms with Crippen LogP contribution in [0.15, 0.2) is 12.1 Å². The van der Waals surface area contributed by atoms with Crippen molar-refractivity contribution in [1.82, 2.24) is 0 Å². The molecule has 1 rings (SSSR count). The van der Waals surface area contributed by atoms with Gasteiger partial charge >= 0.3 is 0 Å². The van der Waals surface area contributed by atoms with E-state index in [-0.39, 0.29) is 11.7 Å². The van der Waals surface area contributed by atoms with Crippen LogP contribution in [-0.2, 0) is 4.79 Å². The average molecular weight is 207 g/mol. The zero-order chi connectivity index (χ0) is 11.4. The molecule has 0 radical (unpaired) electrons. The van der Waals surface area contributed by atoms with Crippen LogP contribution in [0.1, 0.15) is 30.9 Å². The maximum Gasteiger partial charge on any atom is 0.224 e. The molecule has 0 bridgehead atoms. The second kappa shape index (κ2) is 4.82. The fourth-order valence-corrected chi connectivity index (χ4v) is 1.38. The highest BCUT2D eigenvalue weighted by molar-refractivity contribution is 5.91. The first-order chi connectivity index (χ1) is 7.04. The van der Waals surface area contributed by atoms with E-state index in [1.807, 2.05) is 20.8 Å². The van der Waals surface area contributed by atoms with Crippen molar-refractivity contribution in [1.29, 1.82) is 0 Å². The Hall–Kier alpha value is -1.51. The number of anilines is 1. The van der Waals surface area contributed by atoms with E-state index in [9.17, 15) is 9.90 Å². The summed E-state index contributed by atoms with van der Waals surface area (Å²) in [4.78, 5) is 11.4. The van der Waals surface area contributed by atoms with Crippen molar-refractivity contribution in [2.24, 2.45) is 0 Å². The minimum atomic E-state index is 0.0192. The third-order valence-electron chi connectivity index (χ3n) is 2.29. The van der Waals surface area contributed by atoms with Gasteiger partial charge in [-0.1, -0.05) is 6.92 Å². The second-order valence-electron chi connectivity index (χ2n) is 3.75. The number of hydrogen-bond acceptors (Lipinski definition) is 2. The van der Waals surface area contributed by atoms with E-state index in [2.05, 4.69) is 5.32 Å². The van der Waals surface area contributed by atoms with Gasteiger partial charge in [-0.05, 0) is 43.5 Å². The Bertz CT molecular complexity index is 372. The Labute approximate surface area is 90.1 Å². The zero-order valence-electron chi connectivity index (χ0n) is 9.42. The molecule has 0 unspecified atom stereocenters. The Morgan fingerprint density at radius 1 is 1.33 bits per heavy atom. The first-order valence-corrected chi connectivity index (χ1v) is 5.14.